The van der Waals surface area contributed by atoms with Crippen molar-refractivity contribution < 1.29 is 9.59 Å². The maximum atomic E-state index is 12.9. The first kappa shape index (κ1) is 17.9. The maximum absolute atomic E-state index is 12.9. The van der Waals surface area contributed by atoms with E-state index in [0.29, 0.717) is 24.3 Å². The van der Waals surface area contributed by atoms with Crippen molar-refractivity contribution in [2.75, 3.05) is 18.4 Å². The predicted octanol–water partition coefficient (Wildman–Crippen LogP) is 2.29. The molecule has 0 bridgehead atoms. The Balaban J connectivity index is 1.66. The third-order valence-electron chi connectivity index (χ3n) is 4.39. The number of hydrogen-bond donors (Lipinski definition) is 2. The minimum Gasteiger partial charge on any atom is -0.338 e. The fraction of sp³-hybridized carbons (Fsp3) is 0.444. The first-order valence-electron chi connectivity index (χ1n) is 8.86. The SMILES string of the molecule is CC(C)NC(=O)Nc1ccccc1C(=O)N1CCC(n2ccnn2)CC1. The lowest BCUT2D eigenvalue weighted by molar-refractivity contribution is 0.0690. The summed E-state index contributed by atoms with van der Waals surface area (Å²) in [6.45, 7) is 5.07. The highest BCUT2D eigenvalue weighted by atomic mass is 16.2. The van der Waals surface area contributed by atoms with Crippen LogP contribution in [0.2, 0.25) is 0 Å². The molecule has 1 aliphatic heterocycles. The highest BCUT2D eigenvalue weighted by Crippen LogP contribution is 2.24. The third-order valence-corrected chi connectivity index (χ3v) is 4.39. The van der Waals surface area contributed by atoms with Crippen LogP contribution in [0.1, 0.15) is 43.1 Å². The number of carbonyl (C=O) groups is 2. The molecule has 8 nitrogen and oxygen atoms in total. The zero-order valence-corrected chi connectivity index (χ0v) is 15.1. The van der Waals surface area contributed by atoms with Gasteiger partial charge in [0.05, 0.1) is 23.5 Å². The number of para-hydroxylation sites is 1. The largest absolute Gasteiger partial charge is 0.338 e. The molecule has 8 heteroatoms. The zero-order valence-electron chi connectivity index (χ0n) is 15.1. The number of piperidine rings is 1. The Morgan fingerprint density at radius 2 is 1.92 bits per heavy atom. The Hall–Kier alpha value is -2.90. The van der Waals surface area contributed by atoms with Crippen molar-refractivity contribution in [3.05, 3.63) is 42.2 Å². The molecule has 2 heterocycles. The molecule has 0 radical (unpaired) electrons. The van der Waals surface area contributed by atoms with Gasteiger partial charge in [0.25, 0.3) is 5.91 Å². The van der Waals surface area contributed by atoms with Gasteiger partial charge in [-0.15, -0.1) is 5.10 Å². The molecule has 1 saturated heterocycles. The van der Waals surface area contributed by atoms with Gasteiger partial charge in [0.2, 0.25) is 0 Å². The van der Waals surface area contributed by atoms with E-state index in [1.165, 1.54) is 0 Å². The Labute approximate surface area is 152 Å². The fourth-order valence-corrected chi connectivity index (χ4v) is 3.12. The van der Waals surface area contributed by atoms with Gasteiger partial charge < -0.3 is 15.5 Å². The van der Waals surface area contributed by atoms with Crippen molar-refractivity contribution in [1.82, 2.24) is 25.2 Å². The summed E-state index contributed by atoms with van der Waals surface area (Å²) in [4.78, 5) is 26.8. The summed E-state index contributed by atoms with van der Waals surface area (Å²) in [7, 11) is 0. The van der Waals surface area contributed by atoms with Crippen LogP contribution in [0.4, 0.5) is 10.5 Å². The van der Waals surface area contributed by atoms with Gasteiger partial charge in [0, 0.05) is 25.3 Å². The summed E-state index contributed by atoms with van der Waals surface area (Å²) in [5, 5.41) is 13.4. The Morgan fingerprint density at radius 1 is 1.19 bits per heavy atom. The fourth-order valence-electron chi connectivity index (χ4n) is 3.12. The predicted molar refractivity (Wildman–Crippen MR) is 97.9 cm³/mol. The molecule has 3 rings (SSSR count). The number of urea groups is 1. The highest BCUT2D eigenvalue weighted by Gasteiger charge is 2.26. The van der Waals surface area contributed by atoms with Crippen molar-refractivity contribution in [1.29, 1.82) is 0 Å². The summed E-state index contributed by atoms with van der Waals surface area (Å²) in [6.07, 6.45) is 5.19. The van der Waals surface area contributed by atoms with Crippen LogP contribution in [0.25, 0.3) is 0 Å². The number of likely N-dealkylation sites (tertiary alicyclic amines) is 1. The summed E-state index contributed by atoms with van der Waals surface area (Å²) >= 11 is 0. The van der Waals surface area contributed by atoms with Gasteiger partial charge in [-0.05, 0) is 38.8 Å². The van der Waals surface area contributed by atoms with Crippen LogP contribution >= 0.6 is 0 Å². The molecule has 2 N–H and O–H groups in total. The second-order valence-corrected chi connectivity index (χ2v) is 6.71. The van der Waals surface area contributed by atoms with Crippen molar-refractivity contribution in [3.8, 4) is 0 Å². The number of aromatic nitrogens is 3. The molecule has 1 aromatic heterocycles. The van der Waals surface area contributed by atoms with Crippen LogP contribution in [0.3, 0.4) is 0 Å². The Morgan fingerprint density at radius 3 is 2.58 bits per heavy atom. The average molecular weight is 356 g/mol. The lowest BCUT2D eigenvalue weighted by atomic mass is 10.0. The first-order chi connectivity index (χ1) is 12.5. The van der Waals surface area contributed by atoms with Gasteiger partial charge >= 0.3 is 6.03 Å². The van der Waals surface area contributed by atoms with Gasteiger partial charge in [-0.2, -0.15) is 0 Å². The number of hydrogen-bond acceptors (Lipinski definition) is 4. The van der Waals surface area contributed by atoms with Gasteiger partial charge in [-0.1, -0.05) is 17.3 Å². The molecule has 0 unspecified atom stereocenters. The van der Waals surface area contributed by atoms with Crippen LogP contribution in [-0.2, 0) is 0 Å². The van der Waals surface area contributed by atoms with Gasteiger partial charge in [0.1, 0.15) is 0 Å². The smallest absolute Gasteiger partial charge is 0.319 e. The zero-order chi connectivity index (χ0) is 18.5. The summed E-state index contributed by atoms with van der Waals surface area (Å²) in [6, 6.07) is 7.08. The van der Waals surface area contributed by atoms with Crippen LogP contribution in [-0.4, -0.2) is 51.0 Å². The van der Waals surface area contributed by atoms with Crippen LogP contribution < -0.4 is 10.6 Å². The van der Waals surface area contributed by atoms with Gasteiger partial charge in [0.15, 0.2) is 0 Å². The van der Waals surface area contributed by atoms with E-state index in [-0.39, 0.29) is 24.0 Å². The Bertz CT molecular complexity index is 751. The molecule has 1 aliphatic rings. The van der Waals surface area contributed by atoms with Crippen molar-refractivity contribution in [3.63, 3.8) is 0 Å². The molecule has 138 valence electrons. The number of benzene rings is 1. The van der Waals surface area contributed by atoms with Gasteiger partial charge in [-0.25, -0.2) is 9.48 Å². The lowest BCUT2D eigenvalue weighted by Crippen LogP contribution is -2.40. The lowest BCUT2D eigenvalue weighted by Gasteiger charge is -2.32. The molecule has 0 aliphatic carbocycles. The van der Waals surface area contributed by atoms with Crippen molar-refractivity contribution in [2.45, 2.75) is 38.8 Å². The second kappa shape index (κ2) is 7.99. The monoisotopic (exact) mass is 356 g/mol. The molecule has 0 spiro atoms. The van der Waals surface area contributed by atoms with E-state index in [9.17, 15) is 9.59 Å². The van der Waals surface area contributed by atoms with Crippen LogP contribution in [0.5, 0.6) is 0 Å². The number of carbonyl (C=O) groups excluding carboxylic acids is 2. The second-order valence-electron chi connectivity index (χ2n) is 6.71. The molecular weight excluding hydrogens is 332 g/mol. The van der Waals surface area contributed by atoms with E-state index >= 15 is 0 Å². The molecule has 0 atom stereocenters. The highest BCUT2D eigenvalue weighted by molar-refractivity contribution is 6.03. The van der Waals surface area contributed by atoms with Crippen molar-refractivity contribution in [2.24, 2.45) is 0 Å². The maximum Gasteiger partial charge on any atom is 0.319 e. The number of amides is 3. The van der Waals surface area contributed by atoms with E-state index in [0.717, 1.165) is 12.8 Å². The minimum atomic E-state index is -0.315. The number of nitrogens with zero attached hydrogens (tertiary/aromatic N) is 4. The summed E-state index contributed by atoms with van der Waals surface area (Å²) in [5.74, 6) is -0.0671. The van der Waals surface area contributed by atoms with Gasteiger partial charge in [-0.3, -0.25) is 4.79 Å². The molecule has 1 fully saturated rings. The number of nitrogens with one attached hydrogen (secondary N) is 2. The van der Waals surface area contributed by atoms with E-state index in [1.807, 2.05) is 29.6 Å². The average Bonchev–Trinajstić information content (AvgIpc) is 3.16. The van der Waals surface area contributed by atoms with E-state index < -0.39 is 0 Å². The quantitative estimate of drug-likeness (QED) is 0.879. The summed E-state index contributed by atoms with van der Waals surface area (Å²) in [5.41, 5.74) is 1.03. The summed E-state index contributed by atoms with van der Waals surface area (Å²) < 4.78 is 1.85. The normalized spacial score (nSPS) is 15.1. The van der Waals surface area contributed by atoms with Crippen molar-refractivity contribution >= 4 is 17.6 Å². The topological polar surface area (TPSA) is 92.2 Å². The number of rotatable bonds is 4. The minimum absolute atomic E-state index is 0.0219. The molecule has 2 aromatic rings. The van der Waals surface area contributed by atoms with Crippen LogP contribution in [0, 0.1) is 0 Å². The molecule has 0 saturated carbocycles. The third kappa shape index (κ3) is 4.19. The molecule has 26 heavy (non-hydrogen) atoms. The van der Waals surface area contributed by atoms with E-state index in [4.69, 9.17) is 0 Å². The van der Waals surface area contributed by atoms with E-state index in [2.05, 4.69) is 20.9 Å². The Kier molecular flexibility index (Phi) is 5.50. The van der Waals surface area contributed by atoms with E-state index in [1.54, 1.807) is 30.5 Å². The molecular formula is C18H24N6O2. The first-order valence-corrected chi connectivity index (χ1v) is 8.86. The molecule has 3 amide bonds. The number of anilines is 1. The van der Waals surface area contributed by atoms with Crippen LogP contribution in [0.15, 0.2) is 36.7 Å². The standard InChI is InChI=1S/C18H24N6O2/c1-13(2)20-18(26)21-16-6-4-3-5-15(16)17(25)23-10-7-14(8-11-23)24-12-9-19-22-24/h3-6,9,12-14H,7-8,10-11H2,1-2H3,(H2,20,21,26). The molecule has 1 aromatic carbocycles.